The van der Waals surface area contributed by atoms with Gasteiger partial charge in [0.1, 0.15) is 60.2 Å². The fourth-order valence-electron chi connectivity index (χ4n) is 9.56. The van der Waals surface area contributed by atoms with Crippen molar-refractivity contribution in [3.05, 3.63) is 65.7 Å². The lowest BCUT2D eigenvalue weighted by molar-refractivity contribution is -0.161. The van der Waals surface area contributed by atoms with Gasteiger partial charge in [-0.2, -0.15) is 0 Å². The molecule has 3 saturated heterocycles. The van der Waals surface area contributed by atoms with E-state index in [-0.39, 0.29) is 69.2 Å². The first-order valence-electron chi connectivity index (χ1n) is 24.9. The lowest BCUT2D eigenvalue weighted by atomic mass is 9.98. The molecule has 19 heteroatoms. The summed E-state index contributed by atoms with van der Waals surface area (Å²) in [5, 5.41) is 23.9. The summed E-state index contributed by atoms with van der Waals surface area (Å²) in [4.78, 5) is 133. The molecule has 0 bridgehead atoms. The minimum atomic E-state index is -1.52. The first kappa shape index (κ1) is 55.4. The number of likely N-dealkylation sites (N-methyl/N-ethyl adjacent to an activating group) is 1. The van der Waals surface area contributed by atoms with Gasteiger partial charge in [0.2, 0.25) is 47.3 Å². The molecule has 8 amide bonds. The van der Waals surface area contributed by atoms with Crippen LogP contribution in [0.1, 0.15) is 105 Å². The Bertz CT molecular complexity index is 2240. The van der Waals surface area contributed by atoms with Gasteiger partial charge in [0.25, 0.3) is 0 Å². The highest BCUT2D eigenvalue weighted by Gasteiger charge is 2.45. The van der Waals surface area contributed by atoms with E-state index in [1.54, 1.807) is 56.3 Å². The smallest absolute Gasteiger partial charge is 0.329 e. The van der Waals surface area contributed by atoms with Gasteiger partial charge in [-0.15, -0.1) is 0 Å². The Morgan fingerprint density at radius 3 is 1.79 bits per heavy atom. The zero-order valence-corrected chi connectivity index (χ0v) is 42.6. The van der Waals surface area contributed by atoms with E-state index in [0.717, 1.165) is 0 Å². The first-order valence-corrected chi connectivity index (χ1v) is 24.9. The molecule has 0 aromatic heterocycles. The van der Waals surface area contributed by atoms with E-state index < -0.39 is 114 Å². The molecular formula is C52H74N8O11. The van der Waals surface area contributed by atoms with Crippen LogP contribution in [0.3, 0.4) is 0 Å². The van der Waals surface area contributed by atoms with Crippen LogP contribution in [0.2, 0.25) is 0 Å². The minimum absolute atomic E-state index is 0.0111. The lowest BCUT2D eigenvalue weighted by Crippen LogP contribution is -2.61. The molecule has 2 aromatic rings. The highest BCUT2D eigenvalue weighted by Crippen LogP contribution is 2.26. The van der Waals surface area contributed by atoms with E-state index in [1.165, 1.54) is 47.7 Å². The number of phenols is 1. The molecule has 0 radical (unpaired) electrons. The average molecular weight is 987 g/mol. The molecule has 3 heterocycles. The number of nitrogens with one attached hydrogen (secondary N) is 5. The first-order chi connectivity index (χ1) is 33.6. The summed E-state index contributed by atoms with van der Waals surface area (Å²) in [7, 11) is 1.46. The number of hydrogen-bond acceptors (Lipinski definition) is 11. The number of ether oxygens (including phenoxy) is 1. The lowest BCUT2D eigenvalue weighted by Gasteiger charge is -2.36. The molecule has 0 saturated carbocycles. The van der Waals surface area contributed by atoms with Crippen molar-refractivity contribution in [2.45, 2.75) is 161 Å². The van der Waals surface area contributed by atoms with Crippen LogP contribution < -0.4 is 26.6 Å². The molecular weight excluding hydrogens is 913 g/mol. The Morgan fingerprint density at radius 2 is 1.20 bits per heavy atom. The summed E-state index contributed by atoms with van der Waals surface area (Å²) in [6, 6.07) is 5.30. The second-order valence-corrected chi connectivity index (χ2v) is 20.4. The number of rotatable bonds is 10. The Kier molecular flexibility index (Phi) is 19.5. The van der Waals surface area contributed by atoms with Gasteiger partial charge in [-0.3, -0.25) is 38.4 Å². The number of hydrogen-bond donors (Lipinski definition) is 6. The predicted octanol–water partition coefficient (Wildman–Crippen LogP) is 2.12. The van der Waals surface area contributed by atoms with Crippen molar-refractivity contribution >= 4 is 53.2 Å². The van der Waals surface area contributed by atoms with Gasteiger partial charge in [-0.05, 0) is 86.5 Å². The van der Waals surface area contributed by atoms with E-state index in [9.17, 15) is 48.3 Å². The molecule has 0 spiro atoms. The van der Waals surface area contributed by atoms with E-state index in [4.69, 9.17) is 4.74 Å². The van der Waals surface area contributed by atoms with E-state index in [1.807, 2.05) is 27.7 Å². The third-order valence-electron chi connectivity index (χ3n) is 13.3. The number of carbonyl (C=O) groups is 9. The van der Waals surface area contributed by atoms with Crippen molar-refractivity contribution in [3.8, 4) is 5.75 Å². The van der Waals surface area contributed by atoms with Crippen LogP contribution in [0.15, 0.2) is 54.6 Å². The number of benzene rings is 2. The highest BCUT2D eigenvalue weighted by molar-refractivity contribution is 5.98. The fraction of sp³-hybridized carbons (Fsp3) is 0.596. The number of esters is 1. The van der Waals surface area contributed by atoms with Gasteiger partial charge in [0, 0.05) is 39.9 Å². The third-order valence-corrected chi connectivity index (χ3v) is 13.3. The molecule has 0 unspecified atom stereocenters. The molecule has 2 aromatic carbocycles. The second kappa shape index (κ2) is 25.0. The van der Waals surface area contributed by atoms with Crippen molar-refractivity contribution in [1.29, 1.82) is 0 Å². The summed E-state index contributed by atoms with van der Waals surface area (Å²) in [6.45, 7) is 13.9. The number of amides is 8. The van der Waals surface area contributed by atoms with Crippen LogP contribution in [0.25, 0.3) is 0 Å². The summed E-state index contributed by atoms with van der Waals surface area (Å²) < 4.78 is 5.91. The van der Waals surface area contributed by atoms with Crippen molar-refractivity contribution in [2.24, 2.45) is 17.8 Å². The Balaban J connectivity index is 1.60. The van der Waals surface area contributed by atoms with Crippen LogP contribution in [0, 0.1) is 17.8 Å². The summed E-state index contributed by atoms with van der Waals surface area (Å²) in [5.74, 6) is -6.75. The Labute approximate surface area is 416 Å². The highest BCUT2D eigenvalue weighted by atomic mass is 16.5. The maximum atomic E-state index is 14.9. The number of fused-ring (bicyclic) bond motifs is 2. The minimum Gasteiger partial charge on any atom is -0.508 e. The Morgan fingerprint density at radius 1 is 0.662 bits per heavy atom. The topological polar surface area (TPSA) is 253 Å². The maximum absolute atomic E-state index is 14.9. The van der Waals surface area contributed by atoms with Crippen molar-refractivity contribution < 1.29 is 53.0 Å². The Hall–Kier alpha value is -6.53. The van der Waals surface area contributed by atoms with Crippen LogP contribution in [0.5, 0.6) is 5.75 Å². The standard InChI is InChI=1S/C52H74N8O11/c1-29(2)25-37-46(64)57-43(31(5)6)51(69)59-23-13-17-40(59)47(65)56-39(26-30(3)4)49(67)58(9)42(28-35-19-21-36(62)22-20-35)50(68)60-24-14-18-41(60)52(70)71-32(7)44(53-33(8)61)48(66)55-38(45(63)54-37)27-34-15-11-10-12-16-34/h10-12,15-16,19-22,29-32,37-44,62H,13-14,17-18,23-28H2,1-9H3,(H,53,61)(H,54,63)(H,55,66)(H,56,65)(H,57,64)/t32-,37-,38+,39+,40+,41+,42+,43+,44+/m1/s1. The molecule has 0 aliphatic carbocycles. The van der Waals surface area contributed by atoms with Gasteiger partial charge < -0.3 is 51.1 Å². The molecule has 19 nitrogen and oxygen atoms in total. The second-order valence-electron chi connectivity index (χ2n) is 20.4. The quantitative estimate of drug-likeness (QED) is 0.188. The zero-order chi connectivity index (χ0) is 52.3. The number of phenolic OH excluding ortho intramolecular Hbond substituents is 1. The van der Waals surface area contributed by atoms with Crippen LogP contribution >= 0.6 is 0 Å². The maximum Gasteiger partial charge on any atom is 0.329 e. The summed E-state index contributed by atoms with van der Waals surface area (Å²) in [6.07, 6.45) is 0.239. The average Bonchev–Trinajstić information content (AvgIpc) is 4.02. The monoisotopic (exact) mass is 987 g/mol. The molecule has 71 heavy (non-hydrogen) atoms. The van der Waals surface area contributed by atoms with Crippen molar-refractivity contribution in [3.63, 3.8) is 0 Å². The molecule has 9 atom stereocenters. The SMILES string of the molecule is CC(=O)N[C@@H]1C(=O)N[C@@H](Cc2ccccc2)C(=O)N[C@H](CC(C)C)C(=O)N[C@@H](C(C)C)C(=O)N2CCC[C@H]2C(=O)N[C@@H](CC(C)C)C(=O)N(C)[C@@H](Cc2ccc(O)cc2)C(=O)N2CCC[C@H]2C(=O)O[C@@H]1C. The molecule has 3 fully saturated rings. The molecule has 5 rings (SSSR count). The van der Waals surface area contributed by atoms with Crippen LogP contribution in [-0.4, -0.2) is 148 Å². The van der Waals surface area contributed by atoms with Gasteiger partial charge in [-0.25, -0.2) is 4.79 Å². The van der Waals surface area contributed by atoms with Crippen molar-refractivity contribution in [1.82, 2.24) is 41.3 Å². The summed E-state index contributed by atoms with van der Waals surface area (Å²) in [5.41, 5.74) is 1.25. The van der Waals surface area contributed by atoms with Crippen LogP contribution in [0.4, 0.5) is 0 Å². The van der Waals surface area contributed by atoms with Gasteiger partial charge in [0.15, 0.2) is 0 Å². The van der Waals surface area contributed by atoms with E-state index in [0.29, 0.717) is 24.0 Å². The van der Waals surface area contributed by atoms with E-state index in [2.05, 4.69) is 26.6 Å². The van der Waals surface area contributed by atoms with Crippen molar-refractivity contribution in [2.75, 3.05) is 20.1 Å². The van der Waals surface area contributed by atoms with Crippen LogP contribution in [-0.2, 0) is 60.7 Å². The number of cyclic esters (lactones) is 1. The zero-order valence-electron chi connectivity index (χ0n) is 42.6. The van der Waals surface area contributed by atoms with Gasteiger partial charge >= 0.3 is 5.97 Å². The molecule has 3 aliphatic rings. The normalized spacial score (nSPS) is 27.0. The largest absolute Gasteiger partial charge is 0.508 e. The molecule has 388 valence electrons. The third kappa shape index (κ3) is 14.8. The number of aromatic hydroxyl groups is 1. The fourth-order valence-corrected chi connectivity index (χ4v) is 9.56. The summed E-state index contributed by atoms with van der Waals surface area (Å²) >= 11 is 0. The molecule has 6 N–H and O–H groups in total. The van der Waals surface area contributed by atoms with Gasteiger partial charge in [0.05, 0.1) is 0 Å². The van der Waals surface area contributed by atoms with Gasteiger partial charge in [-0.1, -0.05) is 84.0 Å². The number of carbonyl (C=O) groups excluding carboxylic acids is 9. The molecule has 3 aliphatic heterocycles. The number of nitrogens with zero attached hydrogens (tertiary/aromatic N) is 3. The van der Waals surface area contributed by atoms with E-state index >= 15 is 0 Å². The predicted molar refractivity (Wildman–Crippen MR) is 263 cm³/mol.